The van der Waals surface area contributed by atoms with Gasteiger partial charge >= 0.3 is 0 Å². The number of likely N-dealkylation sites (N-methyl/N-ethyl adjacent to an activating group) is 1. The van der Waals surface area contributed by atoms with Crippen LogP contribution in [0.1, 0.15) is 29.4 Å². The van der Waals surface area contributed by atoms with Gasteiger partial charge < -0.3 is 15.4 Å². The Balaban J connectivity index is 1.69. The smallest absolute Gasteiger partial charge is 0.227 e. The van der Waals surface area contributed by atoms with E-state index in [2.05, 4.69) is 22.4 Å². The van der Waals surface area contributed by atoms with E-state index in [9.17, 15) is 4.79 Å². The maximum atomic E-state index is 13.1. The molecule has 1 aromatic heterocycles. The fraction of sp³-hybridized carbons (Fsp3) is 0.476. The molecule has 0 bridgehead atoms. The summed E-state index contributed by atoms with van der Waals surface area (Å²) in [4.78, 5) is 18.6. The molecule has 1 aliphatic rings. The van der Waals surface area contributed by atoms with Crippen LogP contribution in [0.25, 0.3) is 0 Å². The molecule has 1 fully saturated rings. The van der Waals surface area contributed by atoms with Gasteiger partial charge in [-0.25, -0.2) is 0 Å². The first-order valence-corrected chi connectivity index (χ1v) is 10.4. The van der Waals surface area contributed by atoms with Crippen molar-refractivity contribution in [3.05, 3.63) is 58.3 Å². The van der Waals surface area contributed by atoms with Crippen molar-refractivity contribution in [1.82, 2.24) is 9.80 Å². The van der Waals surface area contributed by atoms with Gasteiger partial charge in [0.05, 0.1) is 25.2 Å². The second-order valence-electron chi connectivity index (χ2n) is 7.12. The Hall–Kier alpha value is -1.73. The minimum atomic E-state index is -0.301. The number of hydrogen-bond acceptors (Lipinski definition) is 5. The zero-order valence-electron chi connectivity index (χ0n) is 16.1. The van der Waals surface area contributed by atoms with Crippen molar-refractivity contribution in [2.24, 2.45) is 11.7 Å². The van der Waals surface area contributed by atoms with E-state index in [-0.39, 0.29) is 23.9 Å². The lowest BCUT2D eigenvalue weighted by atomic mass is 9.94. The average Bonchev–Trinajstić information content (AvgIpc) is 3.26. The SMILES string of the molecule is CC(C(=O)N(C)CC(c1cccs1)N1CCOCC1)C(N)c1ccccc1. The van der Waals surface area contributed by atoms with Crippen LogP contribution in [0.15, 0.2) is 47.8 Å². The van der Waals surface area contributed by atoms with Crippen LogP contribution in [0.3, 0.4) is 0 Å². The molecule has 1 aliphatic heterocycles. The first kappa shape index (κ1) is 20.0. The van der Waals surface area contributed by atoms with Crippen molar-refractivity contribution in [3.63, 3.8) is 0 Å². The Morgan fingerprint density at radius 1 is 1.22 bits per heavy atom. The lowest BCUT2D eigenvalue weighted by Gasteiger charge is -2.37. The number of nitrogens with two attached hydrogens (primary N) is 1. The number of hydrogen-bond donors (Lipinski definition) is 1. The summed E-state index contributed by atoms with van der Waals surface area (Å²) in [6.07, 6.45) is 0. The van der Waals surface area contributed by atoms with E-state index in [0.29, 0.717) is 6.54 Å². The standard InChI is InChI=1S/C21H29N3O2S/c1-16(20(22)17-7-4-3-5-8-17)21(25)23(2)15-18(19-9-6-14-27-19)24-10-12-26-13-11-24/h3-9,14,16,18,20H,10-13,15,22H2,1-2H3. The molecule has 2 aromatic rings. The molecule has 3 rings (SSSR count). The van der Waals surface area contributed by atoms with E-state index in [1.807, 2.05) is 49.2 Å². The number of ether oxygens (including phenoxy) is 1. The van der Waals surface area contributed by atoms with Crippen molar-refractivity contribution >= 4 is 17.2 Å². The van der Waals surface area contributed by atoms with Gasteiger partial charge in [-0.1, -0.05) is 43.3 Å². The molecule has 0 aliphatic carbocycles. The summed E-state index contributed by atoms with van der Waals surface area (Å²) in [6.45, 7) is 5.85. The predicted octanol–water partition coefficient (Wildman–Crippen LogP) is 2.92. The highest BCUT2D eigenvalue weighted by Crippen LogP contribution is 2.28. The Labute approximate surface area is 165 Å². The molecular weight excluding hydrogens is 358 g/mol. The highest BCUT2D eigenvalue weighted by atomic mass is 32.1. The number of carbonyl (C=O) groups excluding carboxylic acids is 1. The molecule has 0 saturated carbocycles. The van der Waals surface area contributed by atoms with Crippen LogP contribution in [0.5, 0.6) is 0 Å². The van der Waals surface area contributed by atoms with Gasteiger partial charge in [-0.15, -0.1) is 11.3 Å². The van der Waals surface area contributed by atoms with Gasteiger partial charge in [-0.3, -0.25) is 9.69 Å². The third kappa shape index (κ3) is 4.96. The van der Waals surface area contributed by atoms with Crippen molar-refractivity contribution in [3.8, 4) is 0 Å². The topological polar surface area (TPSA) is 58.8 Å². The fourth-order valence-corrected chi connectivity index (χ4v) is 4.42. The van der Waals surface area contributed by atoms with Crippen molar-refractivity contribution in [2.75, 3.05) is 39.9 Å². The van der Waals surface area contributed by atoms with E-state index in [0.717, 1.165) is 31.9 Å². The van der Waals surface area contributed by atoms with Gasteiger partial charge in [-0.05, 0) is 17.0 Å². The van der Waals surface area contributed by atoms with E-state index in [1.54, 1.807) is 11.3 Å². The normalized spacial score (nSPS) is 18.6. The molecule has 3 atom stereocenters. The van der Waals surface area contributed by atoms with Crippen molar-refractivity contribution in [2.45, 2.75) is 19.0 Å². The second-order valence-corrected chi connectivity index (χ2v) is 8.10. The lowest BCUT2D eigenvalue weighted by molar-refractivity contribution is -0.135. The number of morpholine rings is 1. The largest absolute Gasteiger partial charge is 0.379 e. The Morgan fingerprint density at radius 3 is 2.56 bits per heavy atom. The molecule has 5 nitrogen and oxygen atoms in total. The molecular formula is C21H29N3O2S. The molecule has 146 valence electrons. The van der Waals surface area contributed by atoms with Crippen LogP contribution in [-0.4, -0.2) is 55.6 Å². The zero-order chi connectivity index (χ0) is 19.2. The van der Waals surface area contributed by atoms with Gasteiger partial charge in [-0.2, -0.15) is 0 Å². The van der Waals surface area contributed by atoms with E-state index < -0.39 is 0 Å². The molecule has 1 amide bonds. The maximum absolute atomic E-state index is 13.1. The molecule has 6 heteroatoms. The summed E-state index contributed by atoms with van der Waals surface area (Å²) in [5.74, 6) is -0.188. The molecule has 1 saturated heterocycles. The van der Waals surface area contributed by atoms with E-state index in [1.165, 1.54) is 4.88 Å². The van der Waals surface area contributed by atoms with Crippen LogP contribution in [0.2, 0.25) is 0 Å². The first-order valence-electron chi connectivity index (χ1n) is 9.48. The number of benzene rings is 1. The average molecular weight is 388 g/mol. The Bertz CT molecular complexity index is 701. The number of nitrogens with zero attached hydrogens (tertiary/aromatic N) is 2. The quantitative estimate of drug-likeness (QED) is 0.794. The molecule has 3 unspecified atom stereocenters. The van der Waals surface area contributed by atoms with Gasteiger partial charge in [0.25, 0.3) is 0 Å². The first-order chi connectivity index (χ1) is 13.1. The summed E-state index contributed by atoms with van der Waals surface area (Å²) < 4.78 is 5.50. The third-order valence-electron chi connectivity index (χ3n) is 5.29. The van der Waals surface area contributed by atoms with Crippen LogP contribution in [-0.2, 0) is 9.53 Å². The number of carbonyl (C=O) groups is 1. The predicted molar refractivity (Wildman–Crippen MR) is 110 cm³/mol. The summed E-state index contributed by atoms with van der Waals surface area (Å²) in [7, 11) is 1.89. The molecule has 27 heavy (non-hydrogen) atoms. The van der Waals surface area contributed by atoms with E-state index >= 15 is 0 Å². The Kier molecular flexibility index (Phi) is 7.01. The monoisotopic (exact) mass is 387 g/mol. The maximum Gasteiger partial charge on any atom is 0.227 e. The molecule has 0 spiro atoms. The minimum Gasteiger partial charge on any atom is -0.379 e. The van der Waals surface area contributed by atoms with Gasteiger partial charge in [0.15, 0.2) is 0 Å². The van der Waals surface area contributed by atoms with Crippen LogP contribution < -0.4 is 5.73 Å². The van der Waals surface area contributed by atoms with Crippen LogP contribution >= 0.6 is 11.3 Å². The summed E-state index contributed by atoms with van der Waals surface area (Å²) in [5.41, 5.74) is 7.37. The van der Waals surface area contributed by atoms with Crippen LogP contribution in [0, 0.1) is 5.92 Å². The zero-order valence-corrected chi connectivity index (χ0v) is 16.9. The fourth-order valence-electron chi connectivity index (χ4n) is 3.57. The molecule has 0 radical (unpaired) electrons. The molecule has 2 N–H and O–H groups in total. The molecule has 1 aromatic carbocycles. The number of amides is 1. The summed E-state index contributed by atoms with van der Waals surface area (Å²) in [5, 5.41) is 2.10. The van der Waals surface area contributed by atoms with Crippen LogP contribution in [0.4, 0.5) is 0 Å². The summed E-state index contributed by atoms with van der Waals surface area (Å²) in [6, 6.07) is 14.0. The van der Waals surface area contributed by atoms with Gasteiger partial charge in [0.1, 0.15) is 0 Å². The van der Waals surface area contributed by atoms with E-state index in [4.69, 9.17) is 10.5 Å². The highest BCUT2D eigenvalue weighted by Gasteiger charge is 2.29. The van der Waals surface area contributed by atoms with Gasteiger partial charge in [0, 0.05) is 37.6 Å². The molecule has 2 heterocycles. The highest BCUT2D eigenvalue weighted by molar-refractivity contribution is 7.10. The second kappa shape index (κ2) is 9.46. The van der Waals surface area contributed by atoms with Crippen molar-refractivity contribution in [1.29, 1.82) is 0 Å². The summed E-state index contributed by atoms with van der Waals surface area (Å²) >= 11 is 1.74. The number of rotatable bonds is 7. The van der Waals surface area contributed by atoms with Gasteiger partial charge in [0.2, 0.25) is 5.91 Å². The Morgan fingerprint density at radius 2 is 1.93 bits per heavy atom. The third-order valence-corrected chi connectivity index (χ3v) is 6.27. The minimum absolute atomic E-state index is 0.0844. The van der Waals surface area contributed by atoms with Crippen molar-refractivity contribution < 1.29 is 9.53 Å². The lowest BCUT2D eigenvalue weighted by Crippen LogP contribution is -2.45. The number of thiophene rings is 1.